The van der Waals surface area contributed by atoms with E-state index in [0.29, 0.717) is 17.8 Å². The molecular weight excluding hydrogens is 302 g/mol. The summed E-state index contributed by atoms with van der Waals surface area (Å²) in [5.74, 6) is -0.313. The molecule has 2 amide bonds. The number of hydrogen-bond acceptors (Lipinski definition) is 3. The van der Waals surface area contributed by atoms with E-state index in [0.717, 1.165) is 24.1 Å². The summed E-state index contributed by atoms with van der Waals surface area (Å²) >= 11 is 0. The van der Waals surface area contributed by atoms with Crippen LogP contribution in [0.2, 0.25) is 0 Å². The van der Waals surface area contributed by atoms with Crippen molar-refractivity contribution in [3.63, 3.8) is 0 Å². The van der Waals surface area contributed by atoms with Crippen LogP contribution in [0, 0.1) is 0 Å². The fourth-order valence-corrected chi connectivity index (χ4v) is 3.56. The highest BCUT2D eigenvalue weighted by atomic mass is 16.2. The molecule has 2 aliphatic rings. The lowest BCUT2D eigenvalue weighted by atomic mass is 9.92. The second-order valence-corrected chi connectivity index (χ2v) is 6.19. The molecule has 2 heterocycles. The number of amides is 2. The smallest absolute Gasteiger partial charge is 0.276 e. The monoisotopic (exact) mass is 321 g/mol. The molecule has 2 aromatic carbocycles. The van der Waals surface area contributed by atoms with Crippen LogP contribution in [0.15, 0.2) is 48.5 Å². The van der Waals surface area contributed by atoms with Crippen LogP contribution in [0.4, 0.5) is 11.4 Å². The van der Waals surface area contributed by atoms with Gasteiger partial charge in [0, 0.05) is 23.5 Å². The number of unbranched alkanes of at least 4 members (excludes halogenated alkanes) is 1. The Balaban J connectivity index is 1.92. The van der Waals surface area contributed by atoms with Gasteiger partial charge in [-0.2, -0.15) is 0 Å². The number of hydrogen-bond donors (Lipinski definition) is 2. The van der Waals surface area contributed by atoms with E-state index in [1.54, 1.807) is 11.0 Å². The number of para-hydroxylation sites is 2. The van der Waals surface area contributed by atoms with Crippen LogP contribution >= 0.6 is 0 Å². The molecule has 24 heavy (non-hydrogen) atoms. The molecule has 5 heteroatoms. The van der Waals surface area contributed by atoms with E-state index in [1.165, 1.54) is 0 Å². The average Bonchev–Trinajstić information content (AvgIpc) is 2.87. The summed E-state index contributed by atoms with van der Waals surface area (Å²) in [6.07, 6.45) is 1.79. The topological polar surface area (TPSA) is 61.4 Å². The van der Waals surface area contributed by atoms with Gasteiger partial charge >= 0.3 is 0 Å². The van der Waals surface area contributed by atoms with Gasteiger partial charge in [-0.05, 0) is 24.6 Å². The zero-order chi connectivity index (χ0) is 16.7. The standard InChI is InChI=1S/C19H19N3O2/c1-2-3-12-22-17(23)13-8-4-6-10-15(13)21-19(22)14-9-5-7-11-16(14)20-18(19)24/h4-11,21H,2-3,12H2,1H3,(H,20,24). The number of carbonyl (C=O) groups is 2. The van der Waals surface area contributed by atoms with Crippen LogP contribution in [0.5, 0.6) is 0 Å². The third-order valence-electron chi connectivity index (χ3n) is 4.75. The van der Waals surface area contributed by atoms with E-state index < -0.39 is 5.66 Å². The highest BCUT2D eigenvalue weighted by Gasteiger charge is 2.55. The van der Waals surface area contributed by atoms with Crippen LogP contribution in [0.25, 0.3) is 0 Å². The maximum absolute atomic E-state index is 13.1. The molecule has 0 saturated heterocycles. The number of anilines is 2. The van der Waals surface area contributed by atoms with Gasteiger partial charge in [-0.15, -0.1) is 0 Å². The summed E-state index contributed by atoms with van der Waals surface area (Å²) in [4.78, 5) is 27.8. The van der Waals surface area contributed by atoms with Crippen LogP contribution in [-0.4, -0.2) is 23.3 Å². The van der Waals surface area contributed by atoms with Gasteiger partial charge in [0.1, 0.15) is 0 Å². The van der Waals surface area contributed by atoms with Crippen LogP contribution in [-0.2, 0) is 10.5 Å². The lowest BCUT2D eigenvalue weighted by Crippen LogP contribution is -2.61. The average molecular weight is 321 g/mol. The molecule has 0 bridgehead atoms. The van der Waals surface area contributed by atoms with Gasteiger partial charge in [0.25, 0.3) is 11.8 Å². The fraction of sp³-hybridized carbons (Fsp3) is 0.263. The third-order valence-corrected chi connectivity index (χ3v) is 4.75. The second kappa shape index (κ2) is 5.37. The summed E-state index contributed by atoms with van der Waals surface area (Å²) in [5, 5.41) is 6.28. The molecular formula is C19H19N3O2. The molecule has 2 aliphatic heterocycles. The van der Waals surface area contributed by atoms with E-state index in [1.807, 2.05) is 42.5 Å². The lowest BCUT2D eigenvalue weighted by molar-refractivity contribution is -0.125. The normalized spacial score (nSPS) is 21.3. The zero-order valence-electron chi connectivity index (χ0n) is 13.5. The highest BCUT2D eigenvalue weighted by Crippen LogP contribution is 2.45. The lowest BCUT2D eigenvalue weighted by Gasteiger charge is -2.44. The Morgan fingerprint density at radius 2 is 1.71 bits per heavy atom. The van der Waals surface area contributed by atoms with Gasteiger partial charge < -0.3 is 15.5 Å². The van der Waals surface area contributed by atoms with Crippen molar-refractivity contribution in [2.24, 2.45) is 0 Å². The second-order valence-electron chi connectivity index (χ2n) is 6.19. The maximum atomic E-state index is 13.1. The van der Waals surface area contributed by atoms with Gasteiger partial charge in [-0.25, -0.2) is 0 Å². The van der Waals surface area contributed by atoms with Gasteiger partial charge in [-0.1, -0.05) is 43.7 Å². The molecule has 0 fully saturated rings. The minimum Gasteiger partial charge on any atom is -0.350 e. The first-order valence-electron chi connectivity index (χ1n) is 8.28. The summed E-state index contributed by atoms with van der Waals surface area (Å²) in [5.41, 5.74) is 1.69. The Bertz CT molecular complexity index is 833. The van der Waals surface area contributed by atoms with Crippen LogP contribution in [0.3, 0.4) is 0 Å². The molecule has 1 unspecified atom stereocenters. The summed E-state index contributed by atoms with van der Waals surface area (Å²) in [6, 6.07) is 14.9. The molecule has 1 spiro atoms. The van der Waals surface area contributed by atoms with Crippen molar-refractivity contribution < 1.29 is 9.59 Å². The minimum absolute atomic E-state index is 0.107. The Hall–Kier alpha value is -2.82. The molecule has 0 aromatic heterocycles. The first kappa shape index (κ1) is 14.8. The van der Waals surface area contributed by atoms with Crippen molar-refractivity contribution in [2.75, 3.05) is 17.2 Å². The van der Waals surface area contributed by atoms with Gasteiger partial charge in [0.05, 0.1) is 5.56 Å². The fourth-order valence-electron chi connectivity index (χ4n) is 3.56. The van der Waals surface area contributed by atoms with E-state index in [2.05, 4.69) is 17.6 Å². The Labute approximate surface area is 140 Å². The largest absolute Gasteiger partial charge is 0.350 e. The van der Waals surface area contributed by atoms with Gasteiger partial charge in [0.2, 0.25) is 5.66 Å². The Morgan fingerprint density at radius 1 is 1.00 bits per heavy atom. The molecule has 0 radical (unpaired) electrons. The molecule has 5 nitrogen and oxygen atoms in total. The first-order valence-corrected chi connectivity index (χ1v) is 8.28. The molecule has 2 aromatic rings. The molecule has 0 saturated carbocycles. The molecule has 4 rings (SSSR count). The molecule has 122 valence electrons. The number of nitrogens with zero attached hydrogens (tertiary/aromatic N) is 1. The van der Waals surface area contributed by atoms with Crippen LogP contribution in [0.1, 0.15) is 35.7 Å². The van der Waals surface area contributed by atoms with Crippen molar-refractivity contribution in [3.8, 4) is 0 Å². The number of nitrogens with one attached hydrogen (secondary N) is 2. The SMILES string of the molecule is CCCCN1C(=O)c2ccccc2NC12C(=O)Nc1ccccc12. The summed E-state index contributed by atoms with van der Waals surface area (Å²) in [7, 11) is 0. The Morgan fingerprint density at radius 3 is 2.50 bits per heavy atom. The summed E-state index contributed by atoms with van der Waals surface area (Å²) in [6.45, 7) is 2.60. The quantitative estimate of drug-likeness (QED) is 0.913. The highest BCUT2D eigenvalue weighted by molar-refractivity contribution is 6.14. The van der Waals surface area contributed by atoms with Crippen molar-refractivity contribution in [2.45, 2.75) is 25.4 Å². The van der Waals surface area contributed by atoms with Crippen molar-refractivity contribution in [3.05, 3.63) is 59.7 Å². The predicted octanol–water partition coefficient (Wildman–Crippen LogP) is 3.16. The van der Waals surface area contributed by atoms with Crippen molar-refractivity contribution >= 4 is 23.2 Å². The summed E-state index contributed by atoms with van der Waals surface area (Å²) < 4.78 is 0. The zero-order valence-corrected chi connectivity index (χ0v) is 13.5. The third kappa shape index (κ3) is 1.87. The van der Waals surface area contributed by atoms with E-state index in [-0.39, 0.29) is 11.8 Å². The number of fused-ring (bicyclic) bond motifs is 3. The van der Waals surface area contributed by atoms with Crippen molar-refractivity contribution in [1.29, 1.82) is 0 Å². The number of benzene rings is 2. The van der Waals surface area contributed by atoms with E-state index >= 15 is 0 Å². The van der Waals surface area contributed by atoms with E-state index in [4.69, 9.17) is 0 Å². The van der Waals surface area contributed by atoms with Crippen LogP contribution < -0.4 is 10.6 Å². The van der Waals surface area contributed by atoms with Gasteiger partial charge in [-0.3, -0.25) is 9.59 Å². The molecule has 0 aliphatic carbocycles. The Kier molecular flexibility index (Phi) is 3.30. The van der Waals surface area contributed by atoms with Gasteiger partial charge in [0.15, 0.2) is 0 Å². The number of rotatable bonds is 3. The van der Waals surface area contributed by atoms with Crippen molar-refractivity contribution in [1.82, 2.24) is 4.90 Å². The first-order chi connectivity index (χ1) is 11.7. The predicted molar refractivity (Wildman–Crippen MR) is 92.8 cm³/mol. The minimum atomic E-state index is -1.17. The van der Waals surface area contributed by atoms with E-state index in [9.17, 15) is 9.59 Å². The molecule has 2 N–H and O–H groups in total. The maximum Gasteiger partial charge on any atom is 0.276 e. The molecule has 1 atom stereocenters. The number of carbonyl (C=O) groups excluding carboxylic acids is 2.